The Kier molecular flexibility index (Phi) is 2.10. The molecule has 2 nitrogen and oxygen atoms in total. The van der Waals surface area contributed by atoms with Crippen molar-refractivity contribution in [3.63, 3.8) is 0 Å². The summed E-state index contributed by atoms with van der Waals surface area (Å²) in [5.41, 5.74) is 2.64. The third kappa shape index (κ3) is 1.36. The van der Waals surface area contributed by atoms with Gasteiger partial charge in [0, 0.05) is 0 Å². The standard InChI is InChI=1S/C11H15NO/c1-11(12-2)8-13-7-9-5-3-4-6-10(9)11/h3-6,12H,7-8H2,1-2H3. The van der Waals surface area contributed by atoms with Crippen LogP contribution in [0.1, 0.15) is 18.1 Å². The van der Waals surface area contributed by atoms with Crippen molar-refractivity contribution < 1.29 is 4.74 Å². The van der Waals surface area contributed by atoms with E-state index >= 15 is 0 Å². The molecule has 13 heavy (non-hydrogen) atoms. The summed E-state index contributed by atoms with van der Waals surface area (Å²) in [4.78, 5) is 0. The van der Waals surface area contributed by atoms with E-state index in [1.165, 1.54) is 11.1 Å². The van der Waals surface area contributed by atoms with E-state index in [2.05, 4.69) is 36.5 Å². The van der Waals surface area contributed by atoms with Gasteiger partial charge < -0.3 is 10.1 Å². The van der Waals surface area contributed by atoms with Gasteiger partial charge in [0.15, 0.2) is 0 Å². The van der Waals surface area contributed by atoms with Crippen LogP contribution in [-0.2, 0) is 16.9 Å². The summed E-state index contributed by atoms with van der Waals surface area (Å²) < 4.78 is 5.54. The van der Waals surface area contributed by atoms with Crippen molar-refractivity contribution >= 4 is 0 Å². The SMILES string of the molecule is CNC1(C)COCc2ccccc21. The molecule has 1 atom stereocenters. The molecular weight excluding hydrogens is 162 g/mol. The average molecular weight is 177 g/mol. The first-order valence-electron chi connectivity index (χ1n) is 4.61. The van der Waals surface area contributed by atoms with Crippen molar-refractivity contribution in [2.75, 3.05) is 13.7 Å². The van der Waals surface area contributed by atoms with Crippen LogP contribution < -0.4 is 5.32 Å². The maximum atomic E-state index is 5.54. The molecule has 1 unspecified atom stereocenters. The molecule has 0 saturated heterocycles. The van der Waals surface area contributed by atoms with E-state index in [1.807, 2.05) is 7.05 Å². The highest BCUT2D eigenvalue weighted by Crippen LogP contribution is 2.29. The molecule has 1 aromatic carbocycles. The quantitative estimate of drug-likeness (QED) is 0.704. The highest BCUT2D eigenvalue weighted by Gasteiger charge is 2.30. The first-order chi connectivity index (χ1) is 6.26. The maximum absolute atomic E-state index is 5.54. The van der Waals surface area contributed by atoms with Crippen LogP contribution in [0.2, 0.25) is 0 Å². The van der Waals surface area contributed by atoms with Crippen molar-refractivity contribution in [1.82, 2.24) is 5.32 Å². The van der Waals surface area contributed by atoms with Crippen LogP contribution in [0, 0.1) is 0 Å². The molecule has 2 rings (SSSR count). The Morgan fingerprint density at radius 1 is 1.38 bits per heavy atom. The molecule has 0 amide bonds. The van der Waals surface area contributed by atoms with Crippen LogP contribution in [-0.4, -0.2) is 13.7 Å². The third-order valence-corrected chi connectivity index (χ3v) is 2.81. The molecule has 0 bridgehead atoms. The summed E-state index contributed by atoms with van der Waals surface area (Å²) in [5.74, 6) is 0. The Morgan fingerprint density at radius 3 is 2.92 bits per heavy atom. The number of benzene rings is 1. The van der Waals surface area contributed by atoms with Gasteiger partial charge in [0.2, 0.25) is 0 Å². The van der Waals surface area contributed by atoms with Gasteiger partial charge in [-0.2, -0.15) is 0 Å². The van der Waals surface area contributed by atoms with E-state index in [-0.39, 0.29) is 5.54 Å². The number of hydrogen-bond donors (Lipinski definition) is 1. The number of likely N-dealkylation sites (N-methyl/N-ethyl adjacent to an activating group) is 1. The molecule has 1 aromatic rings. The minimum atomic E-state index is -0.0190. The van der Waals surface area contributed by atoms with Gasteiger partial charge in [-0.25, -0.2) is 0 Å². The van der Waals surface area contributed by atoms with Gasteiger partial charge in [-0.15, -0.1) is 0 Å². The van der Waals surface area contributed by atoms with Crippen LogP contribution >= 0.6 is 0 Å². The van der Waals surface area contributed by atoms with Crippen LogP contribution in [0.4, 0.5) is 0 Å². The predicted molar refractivity (Wildman–Crippen MR) is 52.5 cm³/mol. The number of rotatable bonds is 1. The molecule has 0 spiro atoms. The second-order valence-corrected chi connectivity index (χ2v) is 3.73. The highest BCUT2D eigenvalue weighted by atomic mass is 16.5. The van der Waals surface area contributed by atoms with E-state index in [4.69, 9.17) is 4.74 Å². The zero-order valence-corrected chi connectivity index (χ0v) is 8.13. The zero-order valence-electron chi connectivity index (χ0n) is 8.13. The van der Waals surface area contributed by atoms with Gasteiger partial charge in [0.05, 0.1) is 18.8 Å². The van der Waals surface area contributed by atoms with Gasteiger partial charge in [-0.05, 0) is 25.1 Å². The molecule has 1 aliphatic rings. The Bertz CT molecular complexity index is 311. The van der Waals surface area contributed by atoms with E-state index in [0.29, 0.717) is 0 Å². The van der Waals surface area contributed by atoms with Crippen molar-refractivity contribution in [1.29, 1.82) is 0 Å². The van der Waals surface area contributed by atoms with Gasteiger partial charge >= 0.3 is 0 Å². The van der Waals surface area contributed by atoms with Crippen LogP contribution in [0.5, 0.6) is 0 Å². The van der Waals surface area contributed by atoms with E-state index in [9.17, 15) is 0 Å². The molecule has 0 saturated carbocycles. The smallest absolute Gasteiger partial charge is 0.0721 e. The van der Waals surface area contributed by atoms with Gasteiger partial charge in [0.25, 0.3) is 0 Å². The summed E-state index contributed by atoms with van der Waals surface area (Å²) in [7, 11) is 1.98. The van der Waals surface area contributed by atoms with Crippen LogP contribution in [0.3, 0.4) is 0 Å². The molecular formula is C11H15NO. The fourth-order valence-corrected chi connectivity index (χ4v) is 1.83. The monoisotopic (exact) mass is 177 g/mol. The number of hydrogen-bond acceptors (Lipinski definition) is 2. The Labute approximate surface area is 78.9 Å². The summed E-state index contributed by atoms with van der Waals surface area (Å²) in [5, 5.41) is 3.31. The fourth-order valence-electron chi connectivity index (χ4n) is 1.83. The maximum Gasteiger partial charge on any atom is 0.0721 e. The number of ether oxygens (including phenoxy) is 1. The van der Waals surface area contributed by atoms with Crippen molar-refractivity contribution in [2.24, 2.45) is 0 Å². The molecule has 1 heterocycles. The Morgan fingerprint density at radius 2 is 2.15 bits per heavy atom. The van der Waals surface area contributed by atoms with E-state index < -0.39 is 0 Å². The van der Waals surface area contributed by atoms with Crippen LogP contribution in [0.25, 0.3) is 0 Å². The minimum Gasteiger partial charge on any atom is -0.374 e. The molecule has 0 aromatic heterocycles. The molecule has 2 heteroatoms. The lowest BCUT2D eigenvalue weighted by molar-refractivity contribution is 0.0470. The second-order valence-electron chi connectivity index (χ2n) is 3.73. The fraction of sp³-hybridized carbons (Fsp3) is 0.455. The summed E-state index contributed by atoms with van der Waals surface area (Å²) in [6.07, 6.45) is 0. The lowest BCUT2D eigenvalue weighted by atomic mass is 9.87. The molecule has 1 N–H and O–H groups in total. The summed E-state index contributed by atoms with van der Waals surface area (Å²) in [6.45, 7) is 3.67. The minimum absolute atomic E-state index is 0.0190. The van der Waals surface area contributed by atoms with E-state index in [0.717, 1.165) is 13.2 Å². The molecule has 70 valence electrons. The lowest BCUT2D eigenvalue weighted by Crippen LogP contribution is -2.44. The Hall–Kier alpha value is -0.860. The van der Waals surface area contributed by atoms with Crippen molar-refractivity contribution in [3.8, 4) is 0 Å². The normalized spacial score (nSPS) is 26.9. The van der Waals surface area contributed by atoms with Gasteiger partial charge in [-0.1, -0.05) is 24.3 Å². The second kappa shape index (κ2) is 3.13. The van der Waals surface area contributed by atoms with Gasteiger partial charge in [0.1, 0.15) is 0 Å². The number of fused-ring (bicyclic) bond motifs is 1. The first kappa shape index (κ1) is 8.73. The predicted octanol–water partition coefficient (Wildman–Crippen LogP) is 1.65. The van der Waals surface area contributed by atoms with E-state index in [1.54, 1.807) is 0 Å². The van der Waals surface area contributed by atoms with Crippen molar-refractivity contribution in [2.45, 2.75) is 19.1 Å². The summed E-state index contributed by atoms with van der Waals surface area (Å²) in [6, 6.07) is 8.45. The van der Waals surface area contributed by atoms with Gasteiger partial charge in [-0.3, -0.25) is 0 Å². The molecule has 0 aliphatic carbocycles. The average Bonchev–Trinajstić information content (AvgIpc) is 2.19. The molecule has 0 fully saturated rings. The largest absolute Gasteiger partial charge is 0.374 e. The molecule has 1 aliphatic heterocycles. The molecule has 0 radical (unpaired) electrons. The van der Waals surface area contributed by atoms with Crippen molar-refractivity contribution in [3.05, 3.63) is 35.4 Å². The highest BCUT2D eigenvalue weighted by molar-refractivity contribution is 5.34. The lowest BCUT2D eigenvalue weighted by Gasteiger charge is -2.35. The topological polar surface area (TPSA) is 21.3 Å². The third-order valence-electron chi connectivity index (χ3n) is 2.81. The first-order valence-corrected chi connectivity index (χ1v) is 4.61. The summed E-state index contributed by atoms with van der Waals surface area (Å²) >= 11 is 0. The Balaban J connectivity index is 2.48. The number of nitrogens with one attached hydrogen (secondary N) is 1. The van der Waals surface area contributed by atoms with Crippen LogP contribution in [0.15, 0.2) is 24.3 Å². The zero-order chi connectivity index (χ0) is 9.31.